The minimum Gasteiger partial charge on any atom is -0.326 e. The highest BCUT2D eigenvalue weighted by atomic mass is 35.5. The molecule has 134 valence electrons. The van der Waals surface area contributed by atoms with Gasteiger partial charge in [0.25, 0.3) is 0 Å². The molecule has 1 N–H and O–H groups in total. The molecule has 0 atom stereocenters. The van der Waals surface area contributed by atoms with Crippen LogP contribution in [0.2, 0.25) is 5.02 Å². The van der Waals surface area contributed by atoms with Crippen LogP contribution in [-0.4, -0.2) is 20.7 Å². The minimum absolute atomic E-state index is 0.0876. The second-order valence-corrected chi connectivity index (χ2v) is 7.10. The van der Waals surface area contributed by atoms with E-state index >= 15 is 0 Å². The highest BCUT2D eigenvalue weighted by Gasteiger charge is 2.13. The van der Waals surface area contributed by atoms with Crippen LogP contribution in [0.1, 0.15) is 19.4 Å². The molecule has 1 aromatic heterocycles. The Bertz CT molecular complexity index is 891. The average Bonchev–Trinajstić information content (AvgIpc) is 3.04. The molecule has 3 rings (SSSR count). The molecule has 2 aromatic carbocycles. The summed E-state index contributed by atoms with van der Waals surface area (Å²) in [6, 6.07) is 15.4. The van der Waals surface area contributed by atoms with Gasteiger partial charge in [0.2, 0.25) is 5.91 Å². The lowest BCUT2D eigenvalue weighted by molar-refractivity contribution is -0.114. The maximum Gasteiger partial charge on any atom is 0.221 e. The average molecular weight is 387 g/mol. The molecule has 0 aliphatic carbocycles. The Balaban J connectivity index is 1.77. The zero-order valence-corrected chi connectivity index (χ0v) is 16.1. The van der Waals surface area contributed by atoms with Crippen molar-refractivity contribution < 1.29 is 4.79 Å². The van der Waals surface area contributed by atoms with Crippen molar-refractivity contribution >= 4 is 35.0 Å². The molecular formula is C19H19ClN4OS. The van der Waals surface area contributed by atoms with Crippen LogP contribution in [-0.2, 0) is 17.1 Å². The zero-order chi connectivity index (χ0) is 18.5. The predicted molar refractivity (Wildman–Crippen MR) is 106 cm³/mol. The molecule has 7 heteroatoms. The van der Waals surface area contributed by atoms with Gasteiger partial charge in [0.15, 0.2) is 11.0 Å². The monoisotopic (exact) mass is 386 g/mol. The van der Waals surface area contributed by atoms with E-state index in [0.717, 1.165) is 39.6 Å². The third-order valence-electron chi connectivity index (χ3n) is 3.78. The third kappa shape index (κ3) is 4.45. The summed E-state index contributed by atoms with van der Waals surface area (Å²) in [6.45, 7) is 4.34. The highest BCUT2D eigenvalue weighted by Crippen LogP contribution is 2.27. The number of carbonyl (C=O) groups excluding carboxylic acids is 1. The van der Waals surface area contributed by atoms with Gasteiger partial charge in [-0.25, -0.2) is 0 Å². The molecule has 1 amide bonds. The number of hydrogen-bond acceptors (Lipinski definition) is 4. The third-order valence-corrected chi connectivity index (χ3v) is 5.07. The van der Waals surface area contributed by atoms with Crippen molar-refractivity contribution in [3.8, 4) is 11.4 Å². The second kappa shape index (κ2) is 8.38. The number of nitrogens with one attached hydrogen (secondary N) is 1. The molecule has 0 aliphatic heterocycles. The Morgan fingerprint density at radius 3 is 2.42 bits per heavy atom. The molecule has 0 radical (unpaired) electrons. The smallest absolute Gasteiger partial charge is 0.221 e. The van der Waals surface area contributed by atoms with Crippen LogP contribution in [0, 0.1) is 0 Å². The van der Waals surface area contributed by atoms with Crippen molar-refractivity contribution in [2.45, 2.75) is 31.3 Å². The van der Waals surface area contributed by atoms with Gasteiger partial charge < -0.3 is 9.88 Å². The maximum atomic E-state index is 11.1. The molecule has 0 aliphatic rings. The van der Waals surface area contributed by atoms with Crippen LogP contribution >= 0.6 is 23.4 Å². The fraction of sp³-hybridized carbons (Fsp3) is 0.211. The summed E-state index contributed by atoms with van der Waals surface area (Å²) in [4.78, 5) is 11.1. The van der Waals surface area contributed by atoms with Crippen LogP contribution in [0.4, 0.5) is 5.69 Å². The normalized spacial score (nSPS) is 10.7. The van der Waals surface area contributed by atoms with Gasteiger partial charge in [-0.05, 0) is 48.9 Å². The topological polar surface area (TPSA) is 59.8 Å². The fourth-order valence-electron chi connectivity index (χ4n) is 2.53. The van der Waals surface area contributed by atoms with Crippen LogP contribution in [0.3, 0.4) is 0 Å². The molecule has 1 heterocycles. The first-order chi connectivity index (χ1) is 12.6. The number of anilines is 1. The van der Waals surface area contributed by atoms with E-state index in [1.54, 1.807) is 11.8 Å². The van der Waals surface area contributed by atoms with Gasteiger partial charge >= 0.3 is 0 Å². The maximum absolute atomic E-state index is 11.1. The standard InChI is InChI=1S/C19H19ClN4OS/c1-3-24-18(15-6-10-17(11-7-15)21-13(2)25)22-23-19(24)26-12-14-4-8-16(20)9-5-14/h4-11H,3,12H2,1-2H3,(H,21,25). The highest BCUT2D eigenvalue weighted by molar-refractivity contribution is 7.98. The van der Waals surface area contributed by atoms with Crippen molar-refractivity contribution in [3.05, 3.63) is 59.1 Å². The lowest BCUT2D eigenvalue weighted by Gasteiger charge is -2.08. The summed E-state index contributed by atoms with van der Waals surface area (Å²) in [5.74, 6) is 1.53. The lowest BCUT2D eigenvalue weighted by atomic mass is 10.2. The van der Waals surface area contributed by atoms with E-state index in [4.69, 9.17) is 11.6 Å². The number of amides is 1. The number of rotatable bonds is 6. The van der Waals surface area contributed by atoms with Crippen molar-refractivity contribution in [3.63, 3.8) is 0 Å². The molecule has 0 fully saturated rings. The first kappa shape index (κ1) is 18.5. The molecule has 0 saturated carbocycles. The molecule has 3 aromatic rings. The second-order valence-electron chi connectivity index (χ2n) is 5.72. The summed E-state index contributed by atoms with van der Waals surface area (Å²) in [7, 11) is 0. The number of thioether (sulfide) groups is 1. The van der Waals surface area contributed by atoms with Gasteiger partial charge in [-0.2, -0.15) is 0 Å². The quantitative estimate of drug-likeness (QED) is 0.614. The Morgan fingerprint density at radius 1 is 1.12 bits per heavy atom. The Morgan fingerprint density at radius 2 is 1.81 bits per heavy atom. The van der Waals surface area contributed by atoms with E-state index in [2.05, 4.69) is 27.0 Å². The van der Waals surface area contributed by atoms with E-state index in [0.29, 0.717) is 0 Å². The molecule has 5 nitrogen and oxygen atoms in total. The lowest BCUT2D eigenvalue weighted by Crippen LogP contribution is -2.05. The van der Waals surface area contributed by atoms with E-state index < -0.39 is 0 Å². The Hall–Kier alpha value is -2.31. The summed E-state index contributed by atoms with van der Waals surface area (Å²) in [6.07, 6.45) is 0. The van der Waals surface area contributed by atoms with E-state index in [-0.39, 0.29) is 5.91 Å². The first-order valence-corrected chi connectivity index (χ1v) is 9.61. The summed E-state index contributed by atoms with van der Waals surface area (Å²) < 4.78 is 2.09. The molecule has 0 saturated heterocycles. The molecule has 0 unspecified atom stereocenters. The fourth-order valence-corrected chi connectivity index (χ4v) is 3.61. The largest absolute Gasteiger partial charge is 0.326 e. The number of carbonyl (C=O) groups is 1. The van der Waals surface area contributed by atoms with Crippen LogP contribution < -0.4 is 5.32 Å². The number of benzene rings is 2. The van der Waals surface area contributed by atoms with Gasteiger partial charge in [-0.3, -0.25) is 4.79 Å². The summed E-state index contributed by atoms with van der Waals surface area (Å²) in [5.41, 5.74) is 2.92. The van der Waals surface area contributed by atoms with E-state index in [1.165, 1.54) is 12.5 Å². The van der Waals surface area contributed by atoms with Gasteiger partial charge in [0, 0.05) is 35.5 Å². The van der Waals surface area contributed by atoms with Gasteiger partial charge in [-0.15, -0.1) is 10.2 Å². The van der Waals surface area contributed by atoms with Gasteiger partial charge in [0.05, 0.1) is 0 Å². The number of nitrogens with zero attached hydrogens (tertiary/aromatic N) is 3. The molecule has 0 bridgehead atoms. The van der Waals surface area contributed by atoms with Crippen molar-refractivity contribution in [1.29, 1.82) is 0 Å². The van der Waals surface area contributed by atoms with Crippen LogP contribution in [0.25, 0.3) is 11.4 Å². The SMILES string of the molecule is CCn1c(SCc2ccc(Cl)cc2)nnc1-c1ccc(NC(C)=O)cc1. The first-order valence-electron chi connectivity index (χ1n) is 8.25. The van der Waals surface area contributed by atoms with Crippen LogP contribution in [0.5, 0.6) is 0 Å². The van der Waals surface area contributed by atoms with Gasteiger partial charge in [-0.1, -0.05) is 35.5 Å². The van der Waals surface area contributed by atoms with E-state index in [9.17, 15) is 4.79 Å². The van der Waals surface area contributed by atoms with Gasteiger partial charge in [0.1, 0.15) is 0 Å². The van der Waals surface area contributed by atoms with Crippen molar-refractivity contribution in [2.75, 3.05) is 5.32 Å². The minimum atomic E-state index is -0.0876. The summed E-state index contributed by atoms with van der Waals surface area (Å²) in [5, 5.41) is 13.1. The molecule has 0 spiro atoms. The van der Waals surface area contributed by atoms with E-state index in [1.807, 2.05) is 48.5 Å². The number of aromatic nitrogens is 3. The summed E-state index contributed by atoms with van der Waals surface area (Å²) >= 11 is 7.58. The van der Waals surface area contributed by atoms with Crippen molar-refractivity contribution in [2.24, 2.45) is 0 Å². The van der Waals surface area contributed by atoms with Crippen molar-refractivity contribution in [1.82, 2.24) is 14.8 Å². The Kier molecular flexibility index (Phi) is 5.96. The predicted octanol–water partition coefficient (Wildman–Crippen LogP) is 4.87. The number of halogens is 1. The van der Waals surface area contributed by atoms with Crippen LogP contribution in [0.15, 0.2) is 53.7 Å². The zero-order valence-electron chi connectivity index (χ0n) is 14.6. The molecule has 26 heavy (non-hydrogen) atoms. The number of hydrogen-bond donors (Lipinski definition) is 1. The Labute approximate surface area is 161 Å². The molecular weight excluding hydrogens is 368 g/mol.